The Hall–Kier alpha value is -2.81. The van der Waals surface area contributed by atoms with Gasteiger partial charge in [-0.3, -0.25) is 9.59 Å². The fraction of sp³-hybridized carbons (Fsp3) is 0.438. The summed E-state index contributed by atoms with van der Waals surface area (Å²) in [6.07, 6.45) is 0. The molecule has 2 rings (SSSR count). The van der Waals surface area contributed by atoms with Crippen molar-refractivity contribution >= 4 is 17.8 Å². The molecule has 0 spiro atoms. The molecule has 1 aromatic rings. The van der Waals surface area contributed by atoms with E-state index in [-0.39, 0.29) is 26.3 Å². The van der Waals surface area contributed by atoms with Crippen molar-refractivity contribution in [3.63, 3.8) is 0 Å². The second-order valence-electron chi connectivity index (χ2n) is 5.27. The van der Waals surface area contributed by atoms with E-state index in [1.807, 2.05) is 0 Å². The van der Waals surface area contributed by atoms with Gasteiger partial charge in [0.25, 0.3) is 5.91 Å². The highest BCUT2D eigenvalue weighted by Crippen LogP contribution is 2.27. The Kier molecular flexibility index (Phi) is 6.18. The van der Waals surface area contributed by atoms with Crippen LogP contribution >= 0.6 is 0 Å². The maximum atomic E-state index is 12.2. The highest BCUT2D eigenvalue weighted by molar-refractivity contribution is 5.97. The minimum Gasteiger partial charge on any atom is -0.493 e. The number of nitrogens with one attached hydrogen (secondary N) is 1. The van der Waals surface area contributed by atoms with Crippen LogP contribution in [0.2, 0.25) is 0 Å². The van der Waals surface area contributed by atoms with E-state index in [0.717, 1.165) is 0 Å². The first kappa shape index (κ1) is 18.5. The smallest absolute Gasteiger partial charge is 0.328 e. The van der Waals surface area contributed by atoms with Crippen LogP contribution in [-0.2, 0) is 14.3 Å². The molecule has 2 N–H and O–H groups in total. The molecule has 9 nitrogen and oxygen atoms in total. The summed E-state index contributed by atoms with van der Waals surface area (Å²) in [7, 11) is 2.94. The van der Waals surface area contributed by atoms with E-state index in [9.17, 15) is 14.4 Å². The molecule has 25 heavy (non-hydrogen) atoms. The minimum absolute atomic E-state index is 0.0648. The Bertz CT molecular complexity index is 662. The molecule has 0 saturated carbocycles. The van der Waals surface area contributed by atoms with Crippen LogP contribution in [0.5, 0.6) is 11.5 Å². The summed E-state index contributed by atoms with van der Waals surface area (Å²) in [6, 6.07) is 3.57. The molecule has 136 valence electrons. The number of hydrogen-bond donors (Lipinski definition) is 2. The molecular formula is C16H20N2O7. The second-order valence-corrected chi connectivity index (χ2v) is 5.27. The number of amides is 2. The standard InChI is InChI=1S/C16H20N2O7/c1-23-12-4-3-10(7-13(12)24-2)15(20)17-8-14(19)18-5-6-25-9-11(18)16(21)22/h3-4,7,11H,5-6,8-9H2,1-2H3,(H,17,20)(H,21,22). The maximum absolute atomic E-state index is 12.2. The number of carboxylic acids is 1. The largest absolute Gasteiger partial charge is 0.493 e. The molecule has 9 heteroatoms. The van der Waals surface area contributed by atoms with Gasteiger partial charge in [-0.25, -0.2) is 4.79 Å². The van der Waals surface area contributed by atoms with Crippen LogP contribution in [-0.4, -0.2) is 74.4 Å². The fourth-order valence-corrected chi connectivity index (χ4v) is 2.44. The SMILES string of the molecule is COc1ccc(C(=O)NCC(=O)N2CCOCC2C(=O)O)cc1OC. The molecule has 1 aliphatic heterocycles. The van der Waals surface area contributed by atoms with E-state index in [2.05, 4.69) is 5.32 Å². The molecule has 1 saturated heterocycles. The molecule has 0 aromatic heterocycles. The Balaban J connectivity index is 1.99. The number of benzene rings is 1. The Labute approximate surface area is 144 Å². The Morgan fingerprint density at radius 3 is 2.64 bits per heavy atom. The van der Waals surface area contributed by atoms with Crippen molar-refractivity contribution in [3.05, 3.63) is 23.8 Å². The van der Waals surface area contributed by atoms with Gasteiger partial charge in [0, 0.05) is 12.1 Å². The third-order valence-corrected chi connectivity index (χ3v) is 3.78. The lowest BCUT2D eigenvalue weighted by atomic mass is 10.2. The fourth-order valence-electron chi connectivity index (χ4n) is 2.44. The number of carbonyl (C=O) groups excluding carboxylic acids is 2. The van der Waals surface area contributed by atoms with Gasteiger partial charge in [-0.15, -0.1) is 0 Å². The molecule has 1 atom stereocenters. The van der Waals surface area contributed by atoms with E-state index >= 15 is 0 Å². The number of aliphatic carboxylic acids is 1. The van der Waals surface area contributed by atoms with E-state index in [0.29, 0.717) is 17.1 Å². The number of nitrogens with zero attached hydrogens (tertiary/aromatic N) is 1. The van der Waals surface area contributed by atoms with Crippen LogP contribution in [0.25, 0.3) is 0 Å². The molecule has 1 fully saturated rings. The van der Waals surface area contributed by atoms with E-state index in [1.165, 1.54) is 31.3 Å². The van der Waals surface area contributed by atoms with Crippen molar-refractivity contribution in [2.45, 2.75) is 6.04 Å². The van der Waals surface area contributed by atoms with Gasteiger partial charge in [0.1, 0.15) is 0 Å². The molecule has 1 aliphatic rings. The zero-order chi connectivity index (χ0) is 18.4. The minimum atomic E-state index is -1.14. The van der Waals surface area contributed by atoms with Crippen LogP contribution in [0.1, 0.15) is 10.4 Å². The highest BCUT2D eigenvalue weighted by atomic mass is 16.5. The second kappa shape index (κ2) is 8.34. The van der Waals surface area contributed by atoms with E-state index in [4.69, 9.17) is 19.3 Å². The number of hydrogen-bond acceptors (Lipinski definition) is 6. The maximum Gasteiger partial charge on any atom is 0.328 e. The van der Waals surface area contributed by atoms with Crippen LogP contribution in [0.15, 0.2) is 18.2 Å². The predicted molar refractivity (Wildman–Crippen MR) is 85.8 cm³/mol. The first-order valence-corrected chi connectivity index (χ1v) is 7.58. The van der Waals surface area contributed by atoms with Crippen LogP contribution in [0.4, 0.5) is 0 Å². The summed E-state index contributed by atoms with van der Waals surface area (Å²) in [6.45, 7) is 0.0584. The van der Waals surface area contributed by atoms with Crippen molar-refractivity contribution in [1.29, 1.82) is 0 Å². The molecule has 0 radical (unpaired) electrons. The molecule has 1 heterocycles. The lowest BCUT2D eigenvalue weighted by molar-refractivity contribution is -0.157. The predicted octanol–water partition coefficient (Wildman–Crippen LogP) is -0.254. The summed E-state index contributed by atoms with van der Waals surface area (Å²) in [4.78, 5) is 36.8. The van der Waals surface area contributed by atoms with Gasteiger partial charge in [-0.05, 0) is 18.2 Å². The van der Waals surface area contributed by atoms with Gasteiger partial charge in [-0.1, -0.05) is 0 Å². The molecule has 2 amide bonds. The van der Waals surface area contributed by atoms with E-state index < -0.39 is 23.8 Å². The summed E-state index contributed by atoms with van der Waals surface area (Å²) in [5.74, 6) is -1.23. The first-order valence-electron chi connectivity index (χ1n) is 7.58. The average molecular weight is 352 g/mol. The number of rotatable bonds is 6. The third kappa shape index (κ3) is 4.38. The topological polar surface area (TPSA) is 114 Å². The number of carbonyl (C=O) groups is 3. The molecule has 0 aliphatic carbocycles. The summed E-state index contributed by atoms with van der Waals surface area (Å²) in [5.41, 5.74) is 0.294. The van der Waals surface area contributed by atoms with Gasteiger partial charge in [0.2, 0.25) is 5.91 Å². The van der Waals surface area contributed by atoms with Gasteiger partial charge in [-0.2, -0.15) is 0 Å². The first-order chi connectivity index (χ1) is 12.0. The number of carboxylic acid groups (broad SMARTS) is 1. The van der Waals surface area contributed by atoms with Crippen molar-refractivity contribution in [2.24, 2.45) is 0 Å². The van der Waals surface area contributed by atoms with Crippen LogP contribution < -0.4 is 14.8 Å². The van der Waals surface area contributed by atoms with Gasteiger partial charge in [0.05, 0.1) is 34.0 Å². The van der Waals surface area contributed by atoms with Crippen molar-refractivity contribution < 1.29 is 33.7 Å². The van der Waals surface area contributed by atoms with Crippen molar-refractivity contribution in [2.75, 3.05) is 40.5 Å². The monoisotopic (exact) mass is 352 g/mol. The normalized spacial score (nSPS) is 16.9. The summed E-state index contributed by atoms with van der Waals surface area (Å²) >= 11 is 0. The Morgan fingerprint density at radius 1 is 1.28 bits per heavy atom. The lowest BCUT2D eigenvalue weighted by Crippen LogP contribution is -2.54. The van der Waals surface area contributed by atoms with Crippen molar-refractivity contribution in [3.8, 4) is 11.5 Å². The molecular weight excluding hydrogens is 332 g/mol. The molecule has 1 unspecified atom stereocenters. The highest BCUT2D eigenvalue weighted by Gasteiger charge is 2.32. The summed E-state index contributed by atoms with van der Waals surface area (Å²) in [5, 5.41) is 11.6. The zero-order valence-corrected chi connectivity index (χ0v) is 14.0. The van der Waals surface area contributed by atoms with Crippen LogP contribution in [0, 0.1) is 0 Å². The third-order valence-electron chi connectivity index (χ3n) is 3.78. The lowest BCUT2D eigenvalue weighted by Gasteiger charge is -2.32. The van der Waals surface area contributed by atoms with Crippen molar-refractivity contribution in [1.82, 2.24) is 10.2 Å². The van der Waals surface area contributed by atoms with E-state index in [1.54, 1.807) is 6.07 Å². The average Bonchev–Trinajstić information content (AvgIpc) is 2.65. The summed E-state index contributed by atoms with van der Waals surface area (Å²) < 4.78 is 15.3. The van der Waals surface area contributed by atoms with Gasteiger partial charge >= 0.3 is 5.97 Å². The number of ether oxygens (including phenoxy) is 3. The zero-order valence-electron chi connectivity index (χ0n) is 14.0. The van der Waals surface area contributed by atoms with Gasteiger partial charge in [0.15, 0.2) is 17.5 Å². The number of methoxy groups -OCH3 is 2. The Morgan fingerprint density at radius 2 is 2.00 bits per heavy atom. The van der Waals surface area contributed by atoms with Gasteiger partial charge < -0.3 is 29.5 Å². The molecule has 0 bridgehead atoms. The van der Waals surface area contributed by atoms with Crippen LogP contribution in [0.3, 0.4) is 0 Å². The number of morpholine rings is 1. The molecule has 1 aromatic carbocycles. The quantitative estimate of drug-likeness (QED) is 0.725.